The molecule has 2 aromatic rings. The van der Waals surface area contributed by atoms with Crippen molar-refractivity contribution in [2.75, 3.05) is 12.3 Å². The average molecular weight is 324 g/mol. The van der Waals surface area contributed by atoms with Gasteiger partial charge in [-0.25, -0.2) is 4.99 Å². The first kappa shape index (κ1) is 15.8. The summed E-state index contributed by atoms with van der Waals surface area (Å²) in [5.41, 5.74) is 3.87. The normalized spacial score (nSPS) is 16.6. The lowest BCUT2D eigenvalue weighted by atomic mass is 10.1. The molecule has 0 unspecified atom stereocenters. The third kappa shape index (κ3) is 3.64. The molecule has 0 aliphatic carbocycles. The SMILES string of the molecule is Cc1cccc(C(=O)N2CCCSC2=Nc2ccccc2C)c1. The summed E-state index contributed by atoms with van der Waals surface area (Å²) in [7, 11) is 0. The van der Waals surface area contributed by atoms with Crippen LogP contribution in [-0.4, -0.2) is 28.3 Å². The van der Waals surface area contributed by atoms with Gasteiger partial charge in [-0.15, -0.1) is 0 Å². The van der Waals surface area contributed by atoms with Gasteiger partial charge in [-0.1, -0.05) is 47.7 Å². The first-order valence-corrected chi connectivity index (χ1v) is 8.79. The second kappa shape index (κ2) is 7.01. The number of carbonyl (C=O) groups is 1. The summed E-state index contributed by atoms with van der Waals surface area (Å²) in [5.74, 6) is 1.04. The van der Waals surface area contributed by atoms with Crippen molar-refractivity contribution in [3.8, 4) is 0 Å². The van der Waals surface area contributed by atoms with E-state index in [-0.39, 0.29) is 5.91 Å². The molecule has 2 aromatic carbocycles. The van der Waals surface area contributed by atoms with Crippen LogP contribution in [0.15, 0.2) is 53.5 Å². The fourth-order valence-corrected chi connectivity index (χ4v) is 3.52. The highest BCUT2D eigenvalue weighted by Gasteiger charge is 2.25. The standard InChI is InChI=1S/C19H20N2OS/c1-14-7-5-9-16(13-14)18(22)21-11-6-12-23-19(21)20-17-10-4-3-8-15(17)2/h3-5,7-10,13H,6,11-12H2,1-2H3. The fourth-order valence-electron chi connectivity index (χ4n) is 2.57. The smallest absolute Gasteiger partial charge is 0.259 e. The van der Waals surface area contributed by atoms with Crippen LogP contribution in [0.25, 0.3) is 0 Å². The van der Waals surface area contributed by atoms with Crippen LogP contribution in [0.3, 0.4) is 0 Å². The molecule has 4 heteroatoms. The highest BCUT2D eigenvalue weighted by atomic mass is 32.2. The Hall–Kier alpha value is -2.07. The quantitative estimate of drug-likeness (QED) is 0.810. The molecule has 3 nitrogen and oxygen atoms in total. The van der Waals surface area contributed by atoms with Crippen LogP contribution in [0.4, 0.5) is 5.69 Å². The lowest BCUT2D eigenvalue weighted by molar-refractivity contribution is 0.0849. The van der Waals surface area contributed by atoms with Gasteiger partial charge < -0.3 is 0 Å². The Labute approximate surface area is 141 Å². The Bertz CT molecular complexity index is 755. The van der Waals surface area contributed by atoms with Crippen LogP contribution in [0, 0.1) is 13.8 Å². The number of rotatable bonds is 2. The topological polar surface area (TPSA) is 32.7 Å². The predicted octanol–water partition coefficient (Wildman–Crippen LogP) is 4.57. The number of aliphatic imine (C=N–C) groups is 1. The van der Waals surface area contributed by atoms with E-state index in [1.807, 2.05) is 67.3 Å². The van der Waals surface area contributed by atoms with E-state index in [0.717, 1.165) is 46.3 Å². The largest absolute Gasteiger partial charge is 0.287 e. The van der Waals surface area contributed by atoms with E-state index in [1.165, 1.54) is 0 Å². The van der Waals surface area contributed by atoms with E-state index in [0.29, 0.717) is 0 Å². The molecule has 0 spiro atoms. The highest BCUT2D eigenvalue weighted by Crippen LogP contribution is 2.25. The van der Waals surface area contributed by atoms with Crippen LogP contribution in [0.2, 0.25) is 0 Å². The number of aryl methyl sites for hydroxylation is 2. The van der Waals surface area contributed by atoms with Crippen molar-refractivity contribution in [3.63, 3.8) is 0 Å². The molecule has 0 atom stereocenters. The number of benzene rings is 2. The van der Waals surface area contributed by atoms with Gasteiger partial charge in [-0.3, -0.25) is 9.69 Å². The summed E-state index contributed by atoms with van der Waals surface area (Å²) >= 11 is 1.66. The number of hydrogen-bond donors (Lipinski definition) is 0. The highest BCUT2D eigenvalue weighted by molar-refractivity contribution is 8.13. The Morgan fingerprint density at radius 3 is 2.74 bits per heavy atom. The summed E-state index contributed by atoms with van der Waals surface area (Å²) < 4.78 is 0. The van der Waals surface area contributed by atoms with E-state index in [1.54, 1.807) is 11.8 Å². The van der Waals surface area contributed by atoms with Crippen LogP contribution in [0.5, 0.6) is 0 Å². The van der Waals surface area contributed by atoms with Gasteiger partial charge in [0.1, 0.15) is 0 Å². The van der Waals surface area contributed by atoms with Crippen molar-refractivity contribution >= 4 is 28.5 Å². The summed E-state index contributed by atoms with van der Waals surface area (Å²) in [6.45, 7) is 4.77. The zero-order chi connectivity index (χ0) is 16.2. The number of carbonyl (C=O) groups excluding carboxylic acids is 1. The number of hydrogen-bond acceptors (Lipinski definition) is 3. The van der Waals surface area contributed by atoms with Gasteiger partial charge in [0.2, 0.25) is 0 Å². The van der Waals surface area contributed by atoms with Crippen LogP contribution >= 0.6 is 11.8 Å². The lowest BCUT2D eigenvalue weighted by Crippen LogP contribution is -2.39. The third-order valence-corrected chi connectivity index (χ3v) is 4.89. The molecule has 118 valence electrons. The minimum absolute atomic E-state index is 0.0354. The van der Waals surface area contributed by atoms with Crippen molar-refractivity contribution in [3.05, 3.63) is 65.2 Å². The van der Waals surface area contributed by atoms with Crippen molar-refractivity contribution in [1.29, 1.82) is 0 Å². The molecule has 0 N–H and O–H groups in total. The summed E-state index contributed by atoms with van der Waals surface area (Å²) in [5, 5.41) is 0.803. The molecule has 0 aromatic heterocycles. The summed E-state index contributed by atoms with van der Waals surface area (Å²) in [6, 6.07) is 15.8. The molecule has 0 saturated carbocycles. The molecule has 1 aliphatic rings. The zero-order valence-corrected chi connectivity index (χ0v) is 14.3. The fraction of sp³-hybridized carbons (Fsp3) is 0.263. The summed E-state index contributed by atoms with van der Waals surface area (Å²) in [6.07, 6.45) is 0.995. The van der Waals surface area contributed by atoms with Gasteiger partial charge >= 0.3 is 0 Å². The monoisotopic (exact) mass is 324 g/mol. The maximum Gasteiger partial charge on any atom is 0.259 e. The molecule has 0 radical (unpaired) electrons. The predicted molar refractivity (Wildman–Crippen MR) is 97.6 cm³/mol. The van der Waals surface area contributed by atoms with Crippen molar-refractivity contribution in [2.24, 2.45) is 4.99 Å². The number of thioether (sulfide) groups is 1. The van der Waals surface area contributed by atoms with E-state index < -0.39 is 0 Å². The average Bonchev–Trinajstić information content (AvgIpc) is 2.57. The van der Waals surface area contributed by atoms with E-state index in [4.69, 9.17) is 4.99 Å². The number of para-hydroxylation sites is 1. The second-order valence-electron chi connectivity index (χ2n) is 5.71. The van der Waals surface area contributed by atoms with Crippen molar-refractivity contribution < 1.29 is 4.79 Å². The van der Waals surface area contributed by atoms with E-state index in [2.05, 4.69) is 0 Å². The first-order chi connectivity index (χ1) is 11.1. The van der Waals surface area contributed by atoms with Crippen molar-refractivity contribution in [1.82, 2.24) is 4.90 Å². The van der Waals surface area contributed by atoms with Crippen LogP contribution in [0.1, 0.15) is 27.9 Å². The Morgan fingerprint density at radius 1 is 1.13 bits per heavy atom. The van der Waals surface area contributed by atoms with Crippen LogP contribution < -0.4 is 0 Å². The lowest BCUT2D eigenvalue weighted by Gasteiger charge is -2.28. The molecular formula is C19H20N2OS. The molecule has 23 heavy (non-hydrogen) atoms. The molecule has 0 bridgehead atoms. The van der Waals surface area contributed by atoms with Gasteiger partial charge in [0.25, 0.3) is 5.91 Å². The third-order valence-electron chi connectivity index (χ3n) is 3.83. The number of amides is 1. The Morgan fingerprint density at radius 2 is 1.96 bits per heavy atom. The molecule has 1 fully saturated rings. The van der Waals surface area contributed by atoms with Gasteiger partial charge in [-0.2, -0.15) is 0 Å². The molecule has 1 amide bonds. The summed E-state index contributed by atoms with van der Waals surface area (Å²) in [4.78, 5) is 19.4. The van der Waals surface area contributed by atoms with Crippen molar-refractivity contribution in [2.45, 2.75) is 20.3 Å². The first-order valence-electron chi connectivity index (χ1n) is 7.81. The van der Waals surface area contributed by atoms with Gasteiger partial charge in [0.05, 0.1) is 5.69 Å². The van der Waals surface area contributed by atoms with E-state index >= 15 is 0 Å². The Balaban J connectivity index is 1.93. The zero-order valence-electron chi connectivity index (χ0n) is 13.5. The van der Waals surface area contributed by atoms with E-state index in [9.17, 15) is 4.79 Å². The molecule has 1 aliphatic heterocycles. The number of nitrogens with zero attached hydrogens (tertiary/aromatic N) is 2. The maximum absolute atomic E-state index is 12.9. The van der Waals surface area contributed by atoms with Gasteiger partial charge in [0.15, 0.2) is 5.17 Å². The molecular weight excluding hydrogens is 304 g/mol. The minimum Gasteiger partial charge on any atom is -0.287 e. The number of amidine groups is 1. The van der Waals surface area contributed by atoms with Gasteiger partial charge in [-0.05, 0) is 44.0 Å². The second-order valence-corrected chi connectivity index (χ2v) is 6.77. The van der Waals surface area contributed by atoms with Gasteiger partial charge in [0, 0.05) is 17.9 Å². The minimum atomic E-state index is 0.0354. The van der Waals surface area contributed by atoms with Crippen LogP contribution in [-0.2, 0) is 0 Å². The molecule has 3 rings (SSSR count). The molecule has 1 heterocycles. The Kier molecular flexibility index (Phi) is 4.82. The maximum atomic E-state index is 12.9. The molecule has 1 saturated heterocycles.